The van der Waals surface area contributed by atoms with E-state index in [1.807, 2.05) is 12.1 Å². The summed E-state index contributed by atoms with van der Waals surface area (Å²) in [7, 11) is 0. The molecule has 70 valence electrons. The van der Waals surface area contributed by atoms with Crippen LogP contribution in [0.4, 0.5) is 0 Å². The minimum Gasteiger partial charge on any atom is -0.121 e. The van der Waals surface area contributed by atoms with Crippen molar-refractivity contribution in [1.29, 1.82) is 0 Å². The second-order valence-electron chi connectivity index (χ2n) is 3.36. The van der Waals surface area contributed by atoms with Crippen LogP contribution in [0.15, 0.2) is 60.7 Å². The molecule has 0 heterocycles. The molecule has 0 saturated heterocycles. The van der Waals surface area contributed by atoms with Crippen molar-refractivity contribution < 1.29 is 29.6 Å². The van der Waals surface area contributed by atoms with Crippen molar-refractivity contribution in [1.82, 2.24) is 0 Å². The number of rotatable bonds is 2. The molecule has 0 saturated carbocycles. The molecule has 2 aromatic rings. The van der Waals surface area contributed by atoms with Crippen LogP contribution in [0.1, 0.15) is 18.1 Å². The fourth-order valence-corrected chi connectivity index (χ4v) is 1.54. The Morgan fingerprint density at radius 1 is 0.667 bits per heavy atom. The Morgan fingerprint density at radius 3 is 1.33 bits per heavy atom. The van der Waals surface area contributed by atoms with Gasteiger partial charge >= 0.3 is 29.6 Å². The molecule has 0 spiro atoms. The maximum Gasteiger partial charge on any atom is 1.00 e. The van der Waals surface area contributed by atoms with Gasteiger partial charge in [0.25, 0.3) is 0 Å². The van der Waals surface area contributed by atoms with Gasteiger partial charge in [-0.15, -0.1) is 41.3 Å². The van der Waals surface area contributed by atoms with Gasteiger partial charge < -0.3 is 0 Å². The zero-order valence-electron chi connectivity index (χ0n) is 9.27. The van der Waals surface area contributed by atoms with Crippen LogP contribution in [-0.4, -0.2) is 0 Å². The molecule has 0 aromatic heterocycles. The molecule has 0 aliphatic carbocycles. The normalized spacial score (nSPS) is 9.13. The molecule has 0 unspecified atom stereocenters. The smallest absolute Gasteiger partial charge is 0.121 e. The van der Waals surface area contributed by atoms with E-state index in [1.165, 1.54) is 17.0 Å². The largest absolute Gasteiger partial charge is 1.00 e. The van der Waals surface area contributed by atoms with Crippen LogP contribution < -0.4 is 29.6 Å². The summed E-state index contributed by atoms with van der Waals surface area (Å²) in [5.41, 5.74) is 2.58. The standard InChI is InChI=1S/C14H13.Na/c1-12(13-8-4-2-5-9-13)14-10-6-3-7-11-14;/h2-11H,1H3;/q-1;+1. The monoisotopic (exact) mass is 204 g/mol. The van der Waals surface area contributed by atoms with E-state index in [0.29, 0.717) is 0 Å². The van der Waals surface area contributed by atoms with Crippen LogP contribution in [0.25, 0.3) is 0 Å². The zero-order valence-corrected chi connectivity index (χ0v) is 11.3. The number of hydrogen-bond acceptors (Lipinski definition) is 0. The number of hydrogen-bond donors (Lipinski definition) is 0. The Kier molecular flexibility index (Phi) is 4.97. The van der Waals surface area contributed by atoms with Gasteiger partial charge in [0.2, 0.25) is 0 Å². The quantitative estimate of drug-likeness (QED) is 0.498. The van der Waals surface area contributed by atoms with Gasteiger partial charge in [-0.2, -0.15) is 0 Å². The summed E-state index contributed by atoms with van der Waals surface area (Å²) in [6.07, 6.45) is 0. The maximum atomic E-state index is 2.16. The first-order valence-corrected chi connectivity index (χ1v) is 4.82. The van der Waals surface area contributed by atoms with Crippen LogP contribution in [0.5, 0.6) is 0 Å². The van der Waals surface area contributed by atoms with E-state index in [-0.39, 0.29) is 29.6 Å². The predicted octanol–water partition coefficient (Wildman–Crippen LogP) is 0.681. The molecule has 15 heavy (non-hydrogen) atoms. The molecule has 0 amide bonds. The summed E-state index contributed by atoms with van der Waals surface area (Å²) in [6.45, 7) is 2.16. The summed E-state index contributed by atoms with van der Waals surface area (Å²) in [5, 5.41) is 0. The van der Waals surface area contributed by atoms with Crippen molar-refractivity contribution in [2.75, 3.05) is 0 Å². The van der Waals surface area contributed by atoms with E-state index in [4.69, 9.17) is 0 Å². The van der Waals surface area contributed by atoms with Crippen molar-refractivity contribution in [2.24, 2.45) is 0 Å². The summed E-state index contributed by atoms with van der Waals surface area (Å²) in [4.78, 5) is 0. The third-order valence-electron chi connectivity index (χ3n) is 2.41. The number of benzene rings is 2. The average Bonchev–Trinajstić information content (AvgIpc) is 2.30. The summed E-state index contributed by atoms with van der Waals surface area (Å²) < 4.78 is 0. The average molecular weight is 204 g/mol. The fraction of sp³-hybridized carbons (Fsp3) is 0.0714. The molecule has 2 rings (SSSR count). The molecular weight excluding hydrogens is 191 g/mol. The van der Waals surface area contributed by atoms with Crippen molar-refractivity contribution in [2.45, 2.75) is 6.92 Å². The van der Waals surface area contributed by atoms with Gasteiger partial charge in [0.15, 0.2) is 0 Å². The predicted molar refractivity (Wildman–Crippen MR) is 60.0 cm³/mol. The third-order valence-corrected chi connectivity index (χ3v) is 2.41. The van der Waals surface area contributed by atoms with Gasteiger partial charge in [0.1, 0.15) is 0 Å². The zero-order chi connectivity index (χ0) is 9.80. The second-order valence-corrected chi connectivity index (χ2v) is 3.36. The second kappa shape index (κ2) is 6.02. The molecule has 0 aliphatic heterocycles. The van der Waals surface area contributed by atoms with Crippen LogP contribution in [0, 0.1) is 5.92 Å². The van der Waals surface area contributed by atoms with Crippen LogP contribution in [0.2, 0.25) is 0 Å². The van der Waals surface area contributed by atoms with E-state index in [1.54, 1.807) is 0 Å². The van der Waals surface area contributed by atoms with E-state index in [2.05, 4.69) is 55.5 Å². The molecule has 0 fully saturated rings. The summed E-state index contributed by atoms with van der Waals surface area (Å²) in [6, 6.07) is 20.9. The van der Waals surface area contributed by atoms with Crippen LogP contribution in [0.3, 0.4) is 0 Å². The van der Waals surface area contributed by atoms with Crippen molar-refractivity contribution in [3.8, 4) is 0 Å². The van der Waals surface area contributed by atoms with Gasteiger partial charge in [0.05, 0.1) is 0 Å². The minimum atomic E-state index is 0. The fourth-order valence-electron chi connectivity index (χ4n) is 1.54. The maximum absolute atomic E-state index is 2.16. The first-order valence-electron chi connectivity index (χ1n) is 4.82. The van der Waals surface area contributed by atoms with Gasteiger partial charge in [-0.1, -0.05) is 43.3 Å². The molecular formula is C14H13Na. The molecule has 0 aliphatic rings. The third kappa shape index (κ3) is 3.13. The molecule has 0 bridgehead atoms. The Labute approximate surface area is 114 Å². The molecule has 1 heteroatoms. The molecule has 0 N–H and O–H groups in total. The Balaban J connectivity index is 0.00000112. The van der Waals surface area contributed by atoms with Gasteiger partial charge in [-0.05, 0) is 0 Å². The molecule has 0 atom stereocenters. The minimum absolute atomic E-state index is 0. The Hall–Kier alpha value is -0.690. The molecule has 0 radical (unpaired) electrons. The Morgan fingerprint density at radius 2 is 1.00 bits per heavy atom. The molecule has 0 nitrogen and oxygen atoms in total. The Bertz CT molecular complexity index is 341. The van der Waals surface area contributed by atoms with Gasteiger partial charge in [-0.25, -0.2) is 0 Å². The van der Waals surface area contributed by atoms with Gasteiger partial charge in [0, 0.05) is 0 Å². The topological polar surface area (TPSA) is 0 Å². The van der Waals surface area contributed by atoms with Crippen molar-refractivity contribution >= 4 is 0 Å². The van der Waals surface area contributed by atoms with Crippen molar-refractivity contribution in [3.05, 3.63) is 77.7 Å². The van der Waals surface area contributed by atoms with E-state index >= 15 is 0 Å². The van der Waals surface area contributed by atoms with Crippen molar-refractivity contribution in [3.63, 3.8) is 0 Å². The van der Waals surface area contributed by atoms with Crippen LogP contribution in [-0.2, 0) is 0 Å². The van der Waals surface area contributed by atoms with E-state index in [9.17, 15) is 0 Å². The van der Waals surface area contributed by atoms with E-state index in [0.717, 1.165) is 0 Å². The van der Waals surface area contributed by atoms with E-state index < -0.39 is 0 Å². The van der Waals surface area contributed by atoms with Crippen LogP contribution >= 0.6 is 0 Å². The van der Waals surface area contributed by atoms with Gasteiger partial charge in [-0.3, -0.25) is 0 Å². The summed E-state index contributed by atoms with van der Waals surface area (Å²) in [5.74, 6) is 1.33. The molecule has 2 aromatic carbocycles. The first-order chi connectivity index (χ1) is 6.88. The first kappa shape index (κ1) is 12.4. The SMILES string of the molecule is C[C-](c1ccccc1)c1ccccc1.[Na+]. The summed E-state index contributed by atoms with van der Waals surface area (Å²) >= 11 is 0.